The highest BCUT2D eigenvalue weighted by Crippen LogP contribution is 2.21. The van der Waals surface area contributed by atoms with E-state index in [9.17, 15) is 4.79 Å². The molecule has 0 amide bonds. The van der Waals surface area contributed by atoms with Crippen LogP contribution in [0.2, 0.25) is 0 Å². The molecule has 0 saturated carbocycles. The summed E-state index contributed by atoms with van der Waals surface area (Å²) in [5.41, 5.74) is 3.82. The fourth-order valence-corrected chi connectivity index (χ4v) is 2.34. The van der Waals surface area contributed by atoms with Gasteiger partial charge in [0.2, 0.25) is 0 Å². The van der Waals surface area contributed by atoms with Crippen molar-refractivity contribution in [1.82, 2.24) is 9.55 Å². The molecule has 3 rings (SSSR count). The molecule has 3 heteroatoms. The van der Waals surface area contributed by atoms with Crippen LogP contribution in [0, 0.1) is 13.8 Å². The minimum atomic E-state index is 0.00981. The van der Waals surface area contributed by atoms with Gasteiger partial charge >= 0.3 is 0 Å². The molecule has 0 bridgehead atoms. The molecule has 0 fully saturated rings. The van der Waals surface area contributed by atoms with Gasteiger partial charge in [-0.15, -0.1) is 0 Å². The number of benzene rings is 1. The third-order valence-electron chi connectivity index (χ3n) is 3.34. The van der Waals surface area contributed by atoms with Crippen LogP contribution >= 0.6 is 0 Å². The summed E-state index contributed by atoms with van der Waals surface area (Å²) in [6.45, 7) is 3.97. The minimum absolute atomic E-state index is 0.00981. The molecule has 2 aromatic heterocycles. The Morgan fingerprint density at radius 3 is 2.56 bits per heavy atom. The molecular weight excluding hydrogens is 224 g/mol. The number of hydrogen-bond acceptors (Lipinski definition) is 2. The van der Waals surface area contributed by atoms with Gasteiger partial charge in [0.1, 0.15) is 0 Å². The Bertz CT molecular complexity index is 831. The van der Waals surface area contributed by atoms with Gasteiger partial charge in [0.25, 0.3) is 5.56 Å². The molecule has 0 aliphatic heterocycles. The van der Waals surface area contributed by atoms with Crippen molar-refractivity contribution < 1.29 is 0 Å². The molecular formula is C15H14N2O. The second-order valence-corrected chi connectivity index (χ2v) is 4.73. The highest BCUT2D eigenvalue weighted by atomic mass is 16.1. The molecule has 3 aromatic rings. The van der Waals surface area contributed by atoms with E-state index in [-0.39, 0.29) is 5.56 Å². The predicted octanol–water partition coefficient (Wildman–Crippen LogP) is 2.70. The largest absolute Gasteiger partial charge is 0.311 e. The standard InChI is InChI=1S/C15H14N2O/c1-9-4-6-11-13(8-9)17(3)15(18)12-7-5-10(2)16-14(11)12/h4-8H,1-3H3. The van der Waals surface area contributed by atoms with E-state index >= 15 is 0 Å². The van der Waals surface area contributed by atoms with E-state index in [1.54, 1.807) is 4.57 Å². The number of fused-ring (bicyclic) bond motifs is 3. The predicted molar refractivity (Wildman–Crippen MR) is 74.0 cm³/mol. The molecule has 3 nitrogen and oxygen atoms in total. The molecule has 0 unspecified atom stereocenters. The fourth-order valence-electron chi connectivity index (χ4n) is 2.34. The lowest BCUT2D eigenvalue weighted by Gasteiger charge is -2.09. The molecule has 0 aliphatic carbocycles. The van der Waals surface area contributed by atoms with Crippen molar-refractivity contribution in [3.05, 3.63) is 51.9 Å². The first kappa shape index (κ1) is 11.0. The van der Waals surface area contributed by atoms with Gasteiger partial charge in [-0.2, -0.15) is 0 Å². The molecule has 0 atom stereocenters. The van der Waals surface area contributed by atoms with Crippen LogP contribution in [-0.4, -0.2) is 9.55 Å². The van der Waals surface area contributed by atoms with Crippen LogP contribution in [0.3, 0.4) is 0 Å². The summed E-state index contributed by atoms with van der Waals surface area (Å²) < 4.78 is 1.70. The highest BCUT2D eigenvalue weighted by Gasteiger charge is 2.09. The molecule has 2 heterocycles. The summed E-state index contributed by atoms with van der Waals surface area (Å²) in [7, 11) is 1.81. The van der Waals surface area contributed by atoms with Crippen LogP contribution in [0.25, 0.3) is 21.8 Å². The van der Waals surface area contributed by atoms with Crippen LogP contribution < -0.4 is 5.56 Å². The van der Waals surface area contributed by atoms with Crippen molar-refractivity contribution in [2.45, 2.75) is 13.8 Å². The Balaban J connectivity index is 2.68. The van der Waals surface area contributed by atoms with Crippen LogP contribution in [0.4, 0.5) is 0 Å². The summed E-state index contributed by atoms with van der Waals surface area (Å²) in [4.78, 5) is 16.8. The number of nitrogens with zero attached hydrogens (tertiary/aromatic N) is 2. The number of aromatic nitrogens is 2. The minimum Gasteiger partial charge on any atom is -0.311 e. The lowest BCUT2D eigenvalue weighted by Crippen LogP contribution is -2.17. The van der Waals surface area contributed by atoms with Crippen LogP contribution in [0.15, 0.2) is 35.1 Å². The summed E-state index contributed by atoms with van der Waals surface area (Å²) in [6, 6.07) is 9.86. The molecule has 0 radical (unpaired) electrons. The maximum absolute atomic E-state index is 12.3. The average Bonchev–Trinajstić information content (AvgIpc) is 2.35. The van der Waals surface area contributed by atoms with E-state index in [1.165, 1.54) is 0 Å². The Labute approximate surface area is 105 Å². The molecule has 18 heavy (non-hydrogen) atoms. The van der Waals surface area contributed by atoms with Crippen molar-refractivity contribution in [1.29, 1.82) is 0 Å². The first-order chi connectivity index (χ1) is 8.58. The Morgan fingerprint density at radius 1 is 1.06 bits per heavy atom. The second kappa shape index (κ2) is 3.67. The summed E-state index contributed by atoms with van der Waals surface area (Å²) >= 11 is 0. The fraction of sp³-hybridized carbons (Fsp3) is 0.200. The van der Waals surface area contributed by atoms with Crippen LogP contribution in [-0.2, 0) is 7.05 Å². The topological polar surface area (TPSA) is 34.9 Å². The lowest BCUT2D eigenvalue weighted by atomic mass is 10.1. The number of hydrogen-bond donors (Lipinski definition) is 0. The van der Waals surface area contributed by atoms with Gasteiger partial charge in [-0.3, -0.25) is 9.78 Å². The van der Waals surface area contributed by atoms with Crippen molar-refractivity contribution in [3.8, 4) is 0 Å². The zero-order valence-corrected chi connectivity index (χ0v) is 10.7. The van der Waals surface area contributed by atoms with Gasteiger partial charge in [-0.25, -0.2) is 0 Å². The van der Waals surface area contributed by atoms with Gasteiger partial charge in [0.15, 0.2) is 0 Å². The average molecular weight is 238 g/mol. The van der Waals surface area contributed by atoms with Gasteiger partial charge in [0.05, 0.1) is 16.4 Å². The van der Waals surface area contributed by atoms with Crippen molar-refractivity contribution in [2.24, 2.45) is 7.05 Å². The summed E-state index contributed by atoms with van der Waals surface area (Å²) in [5, 5.41) is 1.71. The van der Waals surface area contributed by atoms with Gasteiger partial charge in [-0.1, -0.05) is 12.1 Å². The van der Waals surface area contributed by atoms with Crippen molar-refractivity contribution in [2.75, 3.05) is 0 Å². The van der Waals surface area contributed by atoms with E-state index in [0.717, 1.165) is 27.7 Å². The number of rotatable bonds is 0. The quantitative estimate of drug-likeness (QED) is 0.564. The Kier molecular flexibility index (Phi) is 2.23. The first-order valence-corrected chi connectivity index (χ1v) is 5.94. The third kappa shape index (κ3) is 1.44. The number of pyridine rings is 2. The second-order valence-electron chi connectivity index (χ2n) is 4.73. The lowest BCUT2D eigenvalue weighted by molar-refractivity contribution is 0.916. The van der Waals surface area contributed by atoms with Gasteiger partial charge < -0.3 is 4.57 Å². The van der Waals surface area contributed by atoms with Crippen LogP contribution in [0.5, 0.6) is 0 Å². The van der Waals surface area contributed by atoms with E-state index in [1.807, 2.05) is 45.2 Å². The van der Waals surface area contributed by atoms with E-state index in [2.05, 4.69) is 11.1 Å². The summed E-state index contributed by atoms with van der Waals surface area (Å²) in [6.07, 6.45) is 0. The zero-order valence-electron chi connectivity index (χ0n) is 10.7. The molecule has 90 valence electrons. The maximum Gasteiger partial charge on any atom is 0.260 e. The first-order valence-electron chi connectivity index (χ1n) is 5.94. The highest BCUT2D eigenvalue weighted by molar-refractivity contribution is 6.03. The molecule has 1 aromatic carbocycles. The van der Waals surface area contributed by atoms with E-state index in [0.29, 0.717) is 5.39 Å². The zero-order chi connectivity index (χ0) is 12.9. The molecule has 0 saturated heterocycles. The SMILES string of the molecule is Cc1ccc2c3nc(C)ccc3c(=O)n(C)c2c1. The van der Waals surface area contributed by atoms with Crippen molar-refractivity contribution in [3.63, 3.8) is 0 Å². The van der Waals surface area contributed by atoms with E-state index in [4.69, 9.17) is 0 Å². The molecule has 0 aliphatic rings. The van der Waals surface area contributed by atoms with Crippen molar-refractivity contribution >= 4 is 21.8 Å². The monoisotopic (exact) mass is 238 g/mol. The maximum atomic E-state index is 12.3. The Morgan fingerprint density at radius 2 is 1.78 bits per heavy atom. The molecule has 0 N–H and O–H groups in total. The normalized spacial score (nSPS) is 11.3. The smallest absolute Gasteiger partial charge is 0.260 e. The van der Waals surface area contributed by atoms with Crippen LogP contribution in [0.1, 0.15) is 11.3 Å². The summed E-state index contributed by atoms with van der Waals surface area (Å²) in [5.74, 6) is 0. The van der Waals surface area contributed by atoms with Gasteiger partial charge in [-0.05, 0) is 37.6 Å². The van der Waals surface area contributed by atoms with E-state index < -0.39 is 0 Å². The van der Waals surface area contributed by atoms with Gasteiger partial charge in [0, 0.05) is 18.1 Å². The number of aryl methyl sites for hydroxylation is 3. The Hall–Kier alpha value is -2.16. The third-order valence-corrected chi connectivity index (χ3v) is 3.34. The molecule has 0 spiro atoms.